The highest BCUT2D eigenvalue weighted by molar-refractivity contribution is 7.93. The molecule has 2 aromatic heterocycles. The summed E-state index contributed by atoms with van der Waals surface area (Å²) < 4.78 is 33.2. The topological polar surface area (TPSA) is 139 Å². The van der Waals surface area contributed by atoms with Crippen molar-refractivity contribution in [1.82, 2.24) is 5.16 Å². The highest BCUT2D eigenvalue weighted by Gasteiger charge is 2.30. The summed E-state index contributed by atoms with van der Waals surface area (Å²) in [5, 5.41) is 17.1. The van der Waals surface area contributed by atoms with Crippen LogP contribution in [0.3, 0.4) is 0 Å². The molecule has 0 bridgehead atoms. The zero-order valence-corrected chi connectivity index (χ0v) is 20.0. The molecule has 170 valence electrons. The van der Waals surface area contributed by atoms with Crippen molar-refractivity contribution in [3.63, 3.8) is 0 Å². The number of hydrogen-bond donors (Lipinski definition) is 3. The zero-order valence-electron chi connectivity index (χ0n) is 17.6. The van der Waals surface area contributed by atoms with Gasteiger partial charge in [0.1, 0.15) is 27.1 Å². The fraction of sp³-hybridized carbons (Fsp3) is 0.250. The summed E-state index contributed by atoms with van der Waals surface area (Å²) in [6.45, 7) is 5.84. The van der Waals surface area contributed by atoms with Crippen molar-refractivity contribution in [3.05, 3.63) is 55.4 Å². The Morgan fingerprint density at radius 3 is 2.47 bits per heavy atom. The van der Waals surface area contributed by atoms with Gasteiger partial charge in [0.2, 0.25) is 0 Å². The van der Waals surface area contributed by atoms with Crippen LogP contribution in [-0.2, 0) is 10.0 Å². The van der Waals surface area contributed by atoms with Crippen molar-refractivity contribution in [2.75, 3.05) is 16.6 Å². The molecule has 0 radical (unpaired) electrons. The van der Waals surface area contributed by atoms with Gasteiger partial charge in [-0.2, -0.15) is 0 Å². The maximum absolute atomic E-state index is 13.1. The number of rotatable bonds is 7. The molecule has 0 spiro atoms. The monoisotopic (exact) mass is 497 g/mol. The number of nitrogens with zero attached hydrogens (tertiary/aromatic N) is 1. The lowest BCUT2D eigenvalue weighted by atomic mass is 10.0. The third-order valence-corrected chi connectivity index (χ3v) is 7.76. The molecule has 1 aromatic carbocycles. The average Bonchev–Trinajstić information content (AvgIpc) is 3.26. The van der Waals surface area contributed by atoms with Crippen molar-refractivity contribution in [1.29, 1.82) is 0 Å². The van der Waals surface area contributed by atoms with E-state index in [4.69, 9.17) is 16.1 Å². The molecule has 0 aliphatic heterocycles. The number of nitrogens with one attached hydrogen (secondary N) is 2. The molecule has 3 rings (SSSR count). The molecule has 12 heteroatoms. The third kappa shape index (κ3) is 4.56. The third-order valence-electron chi connectivity index (χ3n) is 4.57. The molecule has 1 amide bonds. The SMILES string of the molecule is Cc1cc(C)c(NC(=O)c2scc(C)c2S(=O)(=O)Nc2onc(C)c2Cl)c(C(=O)CO)c1. The lowest BCUT2D eigenvalue weighted by Crippen LogP contribution is -2.21. The van der Waals surface area contributed by atoms with Gasteiger partial charge in [0, 0.05) is 5.56 Å². The number of aryl methyl sites for hydroxylation is 4. The molecular formula is C20H20ClN3O6S2. The summed E-state index contributed by atoms with van der Waals surface area (Å²) in [5.41, 5.74) is 2.35. The van der Waals surface area contributed by atoms with Crippen molar-refractivity contribution in [2.24, 2.45) is 0 Å². The van der Waals surface area contributed by atoms with Crippen molar-refractivity contribution in [3.8, 4) is 0 Å². The van der Waals surface area contributed by atoms with E-state index in [1.54, 1.807) is 39.8 Å². The minimum Gasteiger partial charge on any atom is -0.388 e. The number of Topliss-reactive ketones (excluding diaryl/α,β-unsaturated/α-hetero) is 1. The van der Waals surface area contributed by atoms with Crippen LogP contribution in [0.25, 0.3) is 0 Å². The van der Waals surface area contributed by atoms with E-state index in [-0.39, 0.29) is 31.9 Å². The summed E-state index contributed by atoms with van der Waals surface area (Å²) in [4.78, 5) is 24.9. The average molecular weight is 498 g/mol. The van der Waals surface area contributed by atoms with Gasteiger partial charge < -0.3 is 14.9 Å². The van der Waals surface area contributed by atoms with Gasteiger partial charge in [0.15, 0.2) is 5.78 Å². The molecule has 0 aliphatic carbocycles. The second-order valence-electron chi connectivity index (χ2n) is 7.13. The van der Waals surface area contributed by atoms with Crippen molar-refractivity contribution >= 4 is 56.2 Å². The molecule has 0 unspecified atom stereocenters. The Labute approximate surface area is 193 Å². The predicted octanol–water partition coefficient (Wildman–Crippen LogP) is 3.85. The number of ketones is 1. The minimum atomic E-state index is -4.25. The van der Waals surface area contributed by atoms with E-state index in [1.165, 1.54) is 5.38 Å². The number of sulfonamides is 1. The van der Waals surface area contributed by atoms with Crippen LogP contribution in [0.15, 0.2) is 26.9 Å². The van der Waals surface area contributed by atoms with E-state index < -0.39 is 28.3 Å². The van der Waals surface area contributed by atoms with Crippen LogP contribution in [-0.4, -0.2) is 37.0 Å². The molecule has 3 aromatic rings. The number of halogens is 1. The Hall–Kier alpha value is -2.73. The summed E-state index contributed by atoms with van der Waals surface area (Å²) >= 11 is 6.94. The first-order chi connectivity index (χ1) is 15.0. The Morgan fingerprint density at radius 2 is 1.88 bits per heavy atom. The van der Waals surface area contributed by atoms with Crippen LogP contribution in [0.2, 0.25) is 5.02 Å². The second-order valence-corrected chi connectivity index (χ2v) is 10.0. The molecule has 3 N–H and O–H groups in total. The fourth-order valence-corrected chi connectivity index (χ4v) is 5.99. The number of aliphatic hydroxyl groups excluding tert-OH is 1. The highest BCUT2D eigenvalue weighted by Crippen LogP contribution is 2.33. The first-order valence-electron chi connectivity index (χ1n) is 9.25. The van der Waals surface area contributed by atoms with Crippen LogP contribution in [0, 0.1) is 27.7 Å². The number of aromatic nitrogens is 1. The van der Waals surface area contributed by atoms with Gasteiger partial charge in [0.05, 0.1) is 5.69 Å². The molecule has 2 heterocycles. The summed E-state index contributed by atoms with van der Waals surface area (Å²) in [5.74, 6) is -1.55. The second kappa shape index (κ2) is 9.02. The normalized spacial score (nSPS) is 11.4. The van der Waals surface area contributed by atoms with Crippen molar-refractivity contribution < 1.29 is 27.6 Å². The van der Waals surface area contributed by atoms with Gasteiger partial charge >= 0.3 is 0 Å². The molecule has 0 saturated carbocycles. The number of thiophene rings is 1. The van der Waals surface area contributed by atoms with Gasteiger partial charge in [-0.1, -0.05) is 22.8 Å². The van der Waals surface area contributed by atoms with Gasteiger partial charge in [-0.15, -0.1) is 11.3 Å². The Morgan fingerprint density at radius 1 is 1.19 bits per heavy atom. The van der Waals surface area contributed by atoms with Gasteiger partial charge in [-0.25, -0.2) is 13.1 Å². The molecular weight excluding hydrogens is 478 g/mol. The first-order valence-corrected chi connectivity index (χ1v) is 12.0. The van der Waals surface area contributed by atoms with Gasteiger partial charge in [-0.3, -0.25) is 9.59 Å². The lowest BCUT2D eigenvalue weighted by molar-refractivity contribution is 0.0904. The van der Waals surface area contributed by atoms with E-state index in [0.717, 1.165) is 16.9 Å². The van der Waals surface area contributed by atoms with Crippen molar-refractivity contribution in [2.45, 2.75) is 32.6 Å². The molecule has 32 heavy (non-hydrogen) atoms. The summed E-state index contributed by atoms with van der Waals surface area (Å²) in [6.07, 6.45) is 0. The van der Waals surface area contributed by atoms with E-state index in [2.05, 4.69) is 15.2 Å². The maximum Gasteiger partial charge on any atom is 0.267 e. The maximum atomic E-state index is 13.1. The fourth-order valence-electron chi connectivity index (χ4n) is 3.13. The number of hydrogen-bond acceptors (Lipinski definition) is 8. The molecule has 0 saturated heterocycles. The number of carbonyl (C=O) groups excluding carboxylic acids is 2. The van der Waals surface area contributed by atoms with Crippen LogP contribution >= 0.6 is 22.9 Å². The number of aliphatic hydroxyl groups is 1. The van der Waals surface area contributed by atoms with E-state index in [0.29, 0.717) is 16.8 Å². The predicted molar refractivity (Wildman–Crippen MR) is 121 cm³/mol. The number of carbonyl (C=O) groups is 2. The number of benzene rings is 1. The van der Waals surface area contributed by atoms with Crippen LogP contribution in [0.4, 0.5) is 11.6 Å². The minimum absolute atomic E-state index is 0.00916. The zero-order chi connectivity index (χ0) is 23.8. The smallest absolute Gasteiger partial charge is 0.267 e. The molecule has 9 nitrogen and oxygen atoms in total. The largest absolute Gasteiger partial charge is 0.388 e. The summed E-state index contributed by atoms with van der Waals surface area (Å²) in [7, 11) is -4.25. The quantitative estimate of drug-likeness (QED) is 0.421. The Balaban J connectivity index is 2.01. The van der Waals surface area contributed by atoms with Crippen LogP contribution in [0.1, 0.15) is 42.4 Å². The molecule has 0 fully saturated rings. The standard InChI is InChI=1S/C20H20ClN3O6S2/c1-9-5-10(2)16(13(6-9)14(26)7-25)22-19(27)17-18(11(3)8-31-17)32(28,29)24-20-15(21)12(4)23-30-20/h5-6,8,24-25H,7H2,1-4H3,(H,22,27). The highest BCUT2D eigenvalue weighted by atomic mass is 35.5. The number of amides is 1. The van der Waals surface area contributed by atoms with Gasteiger partial charge in [-0.05, 0) is 55.8 Å². The van der Waals surface area contributed by atoms with Crippen LogP contribution in [0.5, 0.6) is 0 Å². The van der Waals surface area contributed by atoms with Crippen LogP contribution < -0.4 is 10.0 Å². The van der Waals surface area contributed by atoms with E-state index in [9.17, 15) is 23.1 Å². The number of anilines is 2. The van der Waals surface area contributed by atoms with Gasteiger partial charge in [0.25, 0.3) is 21.8 Å². The molecule has 0 aliphatic rings. The Bertz CT molecular complexity index is 1330. The van der Waals surface area contributed by atoms with E-state index in [1.807, 2.05) is 0 Å². The lowest BCUT2D eigenvalue weighted by Gasteiger charge is -2.14. The first kappa shape index (κ1) is 23.9. The summed E-state index contributed by atoms with van der Waals surface area (Å²) in [6, 6.07) is 3.31. The Kier molecular flexibility index (Phi) is 6.75. The van der Waals surface area contributed by atoms with E-state index >= 15 is 0 Å². The molecule has 0 atom stereocenters.